The van der Waals surface area contributed by atoms with Crippen LogP contribution in [0.3, 0.4) is 0 Å². The van der Waals surface area contributed by atoms with Crippen LogP contribution in [0.1, 0.15) is 66.2 Å². The second-order valence-corrected chi connectivity index (χ2v) is 7.11. The minimum Gasteiger partial charge on any atom is -0.315 e. The van der Waals surface area contributed by atoms with Crippen molar-refractivity contribution in [3.63, 3.8) is 0 Å². The van der Waals surface area contributed by atoms with Gasteiger partial charge in [0.1, 0.15) is 0 Å². The van der Waals surface area contributed by atoms with Crippen LogP contribution >= 0.6 is 0 Å². The molecule has 0 unspecified atom stereocenters. The van der Waals surface area contributed by atoms with E-state index >= 15 is 0 Å². The molecule has 1 rings (SSSR count). The zero-order valence-corrected chi connectivity index (χ0v) is 13.8. The van der Waals surface area contributed by atoms with Gasteiger partial charge in [0.05, 0.1) is 0 Å². The van der Waals surface area contributed by atoms with Gasteiger partial charge in [-0.2, -0.15) is 0 Å². The fraction of sp³-hybridized carbons (Fsp3) is 1.00. The second kappa shape index (κ2) is 9.77. The van der Waals surface area contributed by atoms with Gasteiger partial charge in [-0.25, -0.2) is 0 Å². The molecule has 1 N–H and O–H groups in total. The van der Waals surface area contributed by atoms with Gasteiger partial charge in [-0.1, -0.05) is 40.5 Å². The van der Waals surface area contributed by atoms with Gasteiger partial charge in [-0.3, -0.25) is 4.90 Å². The Labute approximate surface area is 121 Å². The molecule has 0 aliphatic heterocycles. The summed E-state index contributed by atoms with van der Waals surface area (Å²) in [5.74, 6) is 1.64. The number of nitrogens with one attached hydrogen (secondary N) is 1. The van der Waals surface area contributed by atoms with Crippen molar-refractivity contribution in [2.24, 2.45) is 11.8 Å². The number of nitrogens with zero attached hydrogens (tertiary/aromatic N) is 1. The summed E-state index contributed by atoms with van der Waals surface area (Å²) in [5, 5.41) is 3.63. The van der Waals surface area contributed by atoms with Crippen molar-refractivity contribution < 1.29 is 0 Å². The molecule has 19 heavy (non-hydrogen) atoms. The lowest BCUT2D eigenvalue weighted by Crippen LogP contribution is -2.40. The molecule has 0 radical (unpaired) electrons. The Bertz CT molecular complexity index is 207. The predicted octanol–water partition coefficient (Wildman–Crippen LogP) is 3.91. The van der Waals surface area contributed by atoms with Crippen LogP contribution in [0.5, 0.6) is 0 Å². The summed E-state index contributed by atoms with van der Waals surface area (Å²) in [5.41, 5.74) is 0. The Kier molecular flexibility index (Phi) is 8.72. The zero-order chi connectivity index (χ0) is 14.1. The third kappa shape index (κ3) is 7.94. The van der Waals surface area contributed by atoms with E-state index in [1.54, 1.807) is 0 Å². The lowest BCUT2D eigenvalue weighted by atomic mass is 10.1. The molecule has 0 heterocycles. The van der Waals surface area contributed by atoms with Crippen molar-refractivity contribution in [2.45, 2.75) is 72.3 Å². The molecule has 0 spiro atoms. The van der Waals surface area contributed by atoms with E-state index in [1.807, 2.05) is 0 Å². The van der Waals surface area contributed by atoms with Gasteiger partial charge in [0.25, 0.3) is 0 Å². The van der Waals surface area contributed by atoms with E-state index in [0.717, 1.165) is 17.9 Å². The molecule has 0 bridgehead atoms. The zero-order valence-electron chi connectivity index (χ0n) is 13.8. The maximum atomic E-state index is 3.63. The Hall–Kier alpha value is -0.0800. The fourth-order valence-corrected chi connectivity index (χ4v) is 3.14. The summed E-state index contributed by atoms with van der Waals surface area (Å²) in [6, 6.07) is 0.875. The molecule has 114 valence electrons. The molecule has 1 aliphatic carbocycles. The highest BCUT2D eigenvalue weighted by Crippen LogP contribution is 2.23. The predicted molar refractivity (Wildman–Crippen MR) is 85.6 cm³/mol. The molecule has 0 aromatic heterocycles. The third-order valence-electron chi connectivity index (χ3n) is 4.15. The first-order chi connectivity index (χ1) is 9.09. The molecule has 0 amide bonds. The Balaban J connectivity index is 2.13. The summed E-state index contributed by atoms with van der Waals surface area (Å²) in [4.78, 5) is 2.74. The molecule has 0 saturated heterocycles. The molecule has 1 fully saturated rings. The van der Waals surface area contributed by atoms with Crippen LogP contribution in [-0.2, 0) is 0 Å². The quantitative estimate of drug-likeness (QED) is 0.604. The van der Waals surface area contributed by atoms with E-state index in [2.05, 4.69) is 37.9 Å². The van der Waals surface area contributed by atoms with E-state index in [9.17, 15) is 0 Å². The van der Waals surface area contributed by atoms with E-state index < -0.39 is 0 Å². The average Bonchev–Trinajstić information content (AvgIpc) is 2.84. The molecular weight excluding hydrogens is 232 g/mol. The first-order valence-electron chi connectivity index (χ1n) is 8.54. The summed E-state index contributed by atoms with van der Waals surface area (Å²) >= 11 is 0. The minimum atomic E-state index is 0.793. The van der Waals surface area contributed by atoms with Crippen LogP contribution in [0.15, 0.2) is 0 Å². The normalized spacial score (nSPS) is 17.2. The smallest absolute Gasteiger partial charge is 0.0110 e. The molecule has 0 atom stereocenters. The van der Waals surface area contributed by atoms with Gasteiger partial charge in [0, 0.05) is 25.7 Å². The van der Waals surface area contributed by atoms with Crippen molar-refractivity contribution in [3.05, 3.63) is 0 Å². The summed E-state index contributed by atoms with van der Waals surface area (Å²) in [7, 11) is 0. The molecule has 2 heteroatoms. The van der Waals surface area contributed by atoms with Crippen LogP contribution in [0.2, 0.25) is 0 Å². The van der Waals surface area contributed by atoms with Crippen LogP contribution < -0.4 is 5.32 Å². The molecule has 1 aliphatic rings. The highest BCUT2D eigenvalue weighted by Gasteiger charge is 2.22. The van der Waals surface area contributed by atoms with Gasteiger partial charge in [0.2, 0.25) is 0 Å². The standard InChI is InChI=1S/C17H36N2/c1-15(2)8-7-11-18-12-13-19(14-16(3)4)17-9-5-6-10-17/h15-18H,5-14H2,1-4H3. The van der Waals surface area contributed by atoms with Crippen molar-refractivity contribution in [1.29, 1.82) is 0 Å². The Morgan fingerprint density at radius 3 is 2.26 bits per heavy atom. The third-order valence-corrected chi connectivity index (χ3v) is 4.15. The molecular formula is C17H36N2. The van der Waals surface area contributed by atoms with E-state index in [4.69, 9.17) is 0 Å². The number of hydrogen-bond acceptors (Lipinski definition) is 2. The summed E-state index contributed by atoms with van der Waals surface area (Å²) in [6.07, 6.45) is 8.43. The van der Waals surface area contributed by atoms with Crippen LogP contribution in [0.25, 0.3) is 0 Å². The maximum absolute atomic E-state index is 3.63. The molecule has 1 saturated carbocycles. The summed E-state index contributed by atoms with van der Waals surface area (Å²) in [6.45, 7) is 14.2. The minimum absolute atomic E-state index is 0.793. The first-order valence-corrected chi connectivity index (χ1v) is 8.54. The first kappa shape index (κ1) is 17.0. The lowest BCUT2D eigenvalue weighted by Gasteiger charge is -2.30. The van der Waals surface area contributed by atoms with Crippen LogP contribution in [-0.4, -0.2) is 37.1 Å². The monoisotopic (exact) mass is 268 g/mol. The molecule has 0 aromatic rings. The fourth-order valence-electron chi connectivity index (χ4n) is 3.14. The number of rotatable bonds is 10. The average molecular weight is 268 g/mol. The van der Waals surface area contributed by atoms with E-state index in [0.29, 0.717) is 0 Å². The van der Waals surface area contributed by atoms with Gasteiger partial charge in [-0.15, -0.1) is 0 Å². The van der Waals surface area contributed by atoms with Crippen molar-refractivity contribution in [3.8, 4) is 0 Å². The largest absolute Gasteiger partial charge is 0.315 e. The van der Waals surface area contributed by atoms with Crippen LogP contribution in [0, 0.1) is 11.8 Å². The van der Waals surface area contributed by atoms with E-state index in [1.165, 1.54) is 64.7 Å². The highest BCUT2D eigenvalue weighted by atomic mass is 15.2. The topological polar surface area (TPSA) is 15.3 Å². The molecule has 2 nitrogen and oxygen atoms in total. The van der Waals surface area contributed by atoms with Crippen molar-refractivity contribution in [2.75, 3.05) is 26.2 Å². The van der Waals surface area contributed by atoms with Gasteiger partial charge in [0.15, 0.2) is 0 Å². The van der Waals surface area contributed by atoms with Gasteiger partial charge < -0.3 is 5.32 Å². The van der Waals surface area contributed by atoms with Crippen molar-refractivity contribution in [1.82, 2.24) is 10.2 Å². The summed E-state index contributed by atoms with van der Waals surface area (Å²) < 4.78 is 0. The van der Waals surface area contributed by atoms with Crippen LogP contribution in [0.4, 0.5) is 0 Å². The Morgan fingerprint density at radius 1 is 1.00 bits per heavy atom. The lowest BCUT2D eigenvalue weighted by molar-refractivity contribution is 0.178. The number of hydrogen-bond donors (Lipinski definition) is 1. The second-order valence-electron chi connectivity index (χ2n) is 7.11. The maximum Gasteiger partial charge on any atom is 0.0110 e. The van der Waals surface area contributed by atoms with Gasteiger partial charge >= 0.3 is 0 Å². The molecule has 0 aromatic carbocycles. The van der Waals surface area contributed by atoms with E-state index in [-0.39, 0.29) is 0 Å². The SMILES string of the molecule is CC(C)CCCNCCN(CC(C)C)C1CCCC1. The van der Waals surface area contributed by atoms with Gasteiger partial charge in [-0.05, 0) is 44.1 Å². The Morgan fingerprint density at radius 2 is 1.68 bits per heavy atom. The highest BCUT2D eigenvalue weighted by molar-refractivity contribution is 4.78. The van der Waals surface area contributed by atoms with Crippen molar-refractivity contribution >= 4 is 0 Å².